The second-order valence-electron chi connectivity index (χ2n) is 7.69. The van der Waals surface area contributed by atoms with Gasteiger partial charge in [-0.3, -0.25) is 9.59 Å². The van der Waals surface area contributed by atoms with E-state index in [1.807, 2.05) is 0 Å². The summed E-state index contributed by atoms with van der Waals surface area (Å²) in [5.74, 6) is -1.64. The number of hydrogen-bond donors (Lipinski definition) is 1. The Hall–Kier alpha value is -2.47. The molecule has 1 aliphatic rings. The highest BCUT2D eigenvalue weighted by Crippen LogP contribution is 2.22. The fraction of sp³-hybridized carbons (Fsp3) is 0.391. The van der Waals surface area contributed by atoms with E-state index in [0.29, 0.717) is 5.56 Å². The molecule has 0 radical (unpaired) electrons. The van der Waals surface area contributed by atoms with Gasteiger partial charge in [0.1, 0.15) is 17.7 Å². The minimum absolute atomic E-state index is 0.0941. The number of hydrogen-bond acceptors (Lipinski definition) is 2. The summed E-state index contributed by atoms with van der Waals surface area (Å²) in [6.07, 6.45) is 3.73. The molecule has 7 heteroatoms. The van der Waals surface area contributed by atoms with Crippen molar-refractivity contribution in [2.45, 2.75) is 57.7 Å². The second kappa shape index (κ2) is 10.0. The quantitative estimate of drug-likeness (QED) is 0.690. The van der Waals surface area contributed by atoms with Crippen molar-refractivity contribution in [2.24, 2.45) is 0 Å². The number of carbonyl (C=O) groups is 2. The van der Waals surface area contributed by atoms with Crippen LogP contribution in [0.1, 0.15) is 43.7 Å². The van der Waals surface area contributed by atoms with Crippen LogP contribution in [-0.4, -0.2) is 28.8 Å². The molecule has 1 aliphatic carbocycles. The highest BCUT2D eigenvalue weighted by atomic mass is 35.5. The van der Waals surface area contributed by atoms with Crippen LogP contribution in [-0.2, 0) is 22.6 Å². The van der Waals surface area contributed by atoms with E-state index in [1.54, 1.807) is 19.1 Å². The van der Waals surface area contributed by atoms with Gasteiger partial charge in [0.2, 0.25) is 11.8 Å². The molecular formula is C23H25ClF2N2O2. The van der Waals surface area contributed by atoms with Crippen LogP contribution >= 0.6 is 11.6 Å². The van der Waals surface area contributed by atoms with Crippen LogP contribution in [0.2, 0.25) is 5.02 Å². The lowest BCUT2D eigenvalue weighted by molar-refractivity contribution is -0.140. The molecule has 2 aromatic rings. The molecule has 1 N–H and O–H groups in total. The Morgan fingerprint density at radius 1 is 1.13 bits per heavy atom. The average molecular weight is 435 g/mol. The first-order valence-electron chi connectivity index (χ1n) is 10.1. The van der Waals surface area contributed by atoms with Crippen molar-refractivity contribution >= 4 is 23.4 Å². The number of halogens is 3. The molecule has 2 amide bonds. The zero-order valence-corrected chi connectivity index (χ0v) is 17.6. The third kappa shape index (κ3) is 5.57. The zero-order valence-electron chi connectivity index (χ0n) is 16.8. The van der Waals surface area contributed by atoms with Gasteiger partial charge in [-0.1, -0.05) is 42.6 Å². The van der Waals surface area contributed by atoms with E-state index in [0.717, 1.165) is 25.7 Å². The van der Waals surface area contributed by atoms with E-state index in [2.05, 4.69) is 5.32 Å². The minimum atomic E-state index is -0.770. The molecule has 0 aliphatic heterocycles. The van der Waals surface area contributed by atoms with Gasteiger partial charge in [-0.25, -0.2) is 8.78 Å². The van der Waals surface area contributed by atoms with Gasteiger partial charge in [0.15, 0.2) is 0 Å². The highest BCUT2D eigenvalue weighted by Gasteiger charge is 2.29. The maximum Gasteiger partial charge on any atom is 0.242 e. The molecule has 1 fully saturated rings. The first-order chi connectivity index (χ1) is 14.3. The molecular weight excluding hydrogens is 410 g/mol. The molecule has 0 spiro atoms. The summed E-state index contributed by atoms with van der Waals surface area (Å²) in [5, 5.41) is 3.16. The number of nitrogens with zero attached hydrogens (tertiary/aromatic N) is 1. The fourth-order valence-corrected chi connectivity index (χ4v) is 3.94. The van der Waals surface area contributed by atoms with Crippen LogP contribution in [0.4, 0.5) is 8.78 Å². The maximum absolute atomic E-state index is 14.2. The van der Waals surface area contributed by atoms with Crippen molar-refractivity contribution in [3.8, 4) is 0 Å². The van der Waals surface area contributed by atoms with Gasteiger partial charge in [0, 0.05) is 23.2 Å². The number of carbonyl (C=O) groups excluding carboxylic acids is 2. The number of amides is 2. The van der Waals surface area contributed by atoms with E-state index < -0.39 is 17.8 Å². The van der Waals surface area contributed by atoms with Crippen molar-refractivity contribution < 1.29 is 18.4 Å². The molecule has 0 bridgehead atoms. The van der Waals surface area contributed by atoms with Crippen molar-refractivity contribution in [1.29, 1.82) is 0 Å². The third-order valence-corrected chi connectivity index (χ3v) is 5.88. The molecule has 2 aromatic carbocycles. The molecule has 1 atom stereocenters. The summed E-state index contributed by atoms with van der Waals surface area (Å²) in [6, 6.07) is 9.31. The third-order valence-electron chi connectivity index (χ3n) is 5.52. The summed E-state index contributed by atoms with van der Waals surface area (Å²) in [4.78, 5) is 27.3. The van der Waals surface area contributed by atoms with Gasteiger partial charge in [-0.15, -0.1) is 0 Å². The highest BCUT2D eigenvalue weighted by molar-refractivity contribution is 6.31. The summed E-state index contributed by atoms with van der Waals surface area (Å²) in [5.41, 5.74) is 0.765. The van der Waals surface area contributed by atoms with Gasteiger partial charge in [0.25, 0.3) is 0 Å². The predicted octanol–water partition coefficient (Wildman–Crippen LogP) is 4.64. The average Bonchev–Trinajstić information content (AvgIpc) is 3.22. The number of benzene rings is 2. The Kier molecular flexibility index (Phi) is 7.43. The molecule has 1 saturated carbocycles. The van der Waals surface area contributed by atoms with Crippen molar-refractivity contribution in [1.82, 2.24) is 10.2 Å². The van der Waals surface area contributed by atoms with Gasteiger partial charge in [-0.05, 0) is 49.6 Å². The number of nitrogens with one attached hydrogen (secondary N) is 1. The second-order valence-corrected chi connectivity index (χ2v) is 8.10. The van der Waals surface area contributed by atoms with E-state index in [-0.39, 0.29) is 41.3 Å². The fourth-order valence-electron chi connectivity index (χ4n) is 3.72. The van der Waals surface area contributed by atoms with Crippen molar-refractivity contribution in [3.63, 3.8) is 0 Å². The van der Waals surface area contributed by atoms with E-state index in [9.17, 15) is 18.4 Å². The first-order valence-corrected chi connectivity index (χ1v) is 10.5. The van der Waals surface area contributed by atoms with Crippen molar-refractivity contribution in [3.05, 3.63) is 70.2 Å². The molecule has 0 saturated heterocycles. The molecule has 3 rings (SSSR count). The lowest BCUT2D eigenvalue weighted by Crippen LogP contribution is -2.50. The van der Waals surface area contributed by atoms with Gasteiger partial charge >= 0.3 is 0 Å². The Bertz CT molecular complexity index is 878. The van der Waals surface area contributed by atoms with Gasteiger partial charge < -0.3 is 10.2 Å². The SMILES string of the molecule is C[C@H](C(=O)NC1CCCC1)N(Cc1ccc(F)cc1)C(=O)Cc1c(F)cccc1Cl. The predicted molar refractivity (Wildman–Crippen MR) is 112 cm³/mol. The zero-order chi connectivity index (χ0) is 21.7. The largest absolute Gasteiger partial charge is 0.352 e. The van der Waals surface area contributed by atoms with Crippen LogP contribution in [0.5, 0.6) is 0 Å². The summed E-state index contributed by atoms with van der Waals surface area (Å²) >= 11 is 6.08. The van der Waals surface area contributed by atoms with E-state index in [1.165, 1.54) is 35.2 Å². The molecule has 30 heavy (non-hydrogen) atoms. The standard InChI is InChI=1S/C23H25ClF2N2O2/c1-15(23(30)27-18-5-2-3-6-18)28(14-16-9-11-17(25)12-10-16)22(29)13-19-20(24)7-4-8-21(19)26/h4,7-12,15,18H,2-3,5-6,13-14H2,1H3,(H,27,30)/t15-/m1/s1. The smallest absolute Gasteiger partial charge is 0.242 e. The first kappa shape index (κ1) is 22.2. The Morgan fingerprint density at radius 3 is 2.43 bits per heavy atom. The Balaban J connectivity index is 1.80. The van der Waals surface area contributed by atoms with Gasteiger partial charge in [-0.2, -0.15) is 0 Å². The lowest BCUT2D eigenvalue weighted by Gasteiger charge is -2.30. The van der Waals surface area contributed by atoms with Crippen LogP contribution < -0.4 is 5.32 Å². The summed E-state index contributed by atoms with van der Waals surface area (Å²) < 4.78 is 27.5. The number of rotatable bonds is 7. The maximum atomic E-state index is 14.2. The van der Waals surface area contributed by atoms with Gasteiger partial charge in [0.05, 0.1) is 6.42 Å². The van der Waals surface area contributed by atoms with Crippen LogP contribution in [0, 0.1) is 11.6 Å². The topological polar surface area (TPSA) is 49.4 Å². The molecule has 0 aromatic heterocycles. The van der Waals surface area contributed by atoms with Crippen LogP contribution in [0.3, 0.4) is 0 Å². The summed E-state index contributed by atoms with van der Waals surface area (Å²) in [6.45, 7) is 1.75. The van der Waals surface area contributed by atoms with E-state index in [4.69, 9.17) is 11.6 Å². The minimum Gasteiger partial charge on any atom is -0.352 e. The Morgan fingerprint density at radius 2 is 1.80 bits per heavy atom. The van der Waals surface area contributed by atoms with E-state index >= 15 is 0 Å². The van der Waals surface area contributed by atoms with Crippen LogP contribution in [0.15, 0.2) is 42.5 Å². The van der Waals surface area contributed by atoms with Crippen molar-refractivity contribution in [2.75, 3.05) is 0 Å². The molecule has 0 unspecified atom stereocenters. The monoisotopic (exact) mass is 434 g/mol. The van der Waals surface area contributed by atoms with Crippen LogP contribution in [0.25, 0.3) is 0 Å². The normalized spacial score (nSPS) is 15.1. The molecule has 4 nitrogen and oxygen atoms in total. The Labute approximate surface area is 180 Å². The summed E-state index contributed by atoms with van der Waals surface area (Å²) in [7, 11) is 0. The molecule has 160 valence electrons. The lowest BCUT2D eigenvalue weighted by atomic mass is 10.1. The molecule has 0 heterocycles.